The van der Waals surface area contributed by atoms with E-state index in [2.05, 4.69) is 10.1 Å². The Morgan fingerprint density at radius 1 is 1.14 bits per heavy atom. The van der Waals surface area contributed by atoms with Gasteiger partial charge in [-0.25, -0.2) is 9.18 Å². The van der Waals surface area contributed by atoms with E-state index in [0.717, 1.165) is 0 Å². The fraction of sp³-hybridized carbons (Fsp3) is 0.0667. The van der Waals surface area contributed by atoms with Crippen molar-refractivity contribution in [1.82, 2.24) is 0 Å². The maximum atomic E-state index is 12.8. The number of anilines is 1. The van der Waals surface area contributed by atoms with Gasteiger partial charge in [-0.2, -0.15) is 0 Å². The van der Waals surface area contributed by atoms with Crippen molar-refractivity contribution in [3.05, 3.63) is 64.4 Å². The maximum absolute atomic E-state index is 12.8. The molecule has 0 aliphatic heterocycles. The molecule has 108 valence electrons. The first-order valence-corrected chi connectivity index (χ1v) is 6.34. The van der Waals surface area contributed by atoms with Crippen LogP contribution in [0.5, 0.6) is 0 Å². The van der Waals surface area contributed by atoms with Gasteiger partial charge in [-0.3, -0.25) is 4.79 Å². The number of nitrogens with one attached hydrogen (secondary N) is 1. The summed E-state index contributed by atoms with van der Waals surface area (Å²) < 4.78 is 17.5. The topological polar surface area (TPSA) is 55.4 Å². The standard InChI is InChI=1S/C15H11ClFNO3/c1-21-15(20)12-8-10(16)4-7-13(12)18-14(19)9-2-5-11(17)6-3-9/h2-8H,1H3,(H,18,19). The smallest absolute Gasteiger partial charge is 0.340 e. The van der Waals surface area contributed by atoms with Gasteiger partial charge in [0.1, 0.15) is 5.82 Å². The van der Waals surface area contributed by atoms with Gasteiger partial charge in [0, 0.05) is 10.6 Å². The monoisotopic (exact) mass is 307 g/mol. The number of rotatable bonds is 3. The lowest BCUT2D eigenvalue weighted by molar-refractivity contribution is 0.0602. The van der Waals surface area contributed by atoms with E-state index in [-0.39, 0.29) is 16.8 Å². The predicted octanol–water partition coefficient (Wildman–Crippen LogP) is 3.52. The summed E-state index contributed by atoms with van der Waals surface area (Å²) in [5.74, 6) is -1.53. The molecule has 0 radical (unpaired) electrons. The minimum absolute atomic E-state index is 0.139. The second kappa shape index (κ2) is 6.37. The number of hydrogen-bond donors (Lipinski definition) is 1. The third kappa shape index (κ3) is 3.58. The first-order valence-electron chi connectivity index (χ1n) is 5.96. The Kier molecular flexibility index (Phi) is 4.55. The van der Waals surface area contributed by atoms with Crippen molar-refractivity contribution in [3.63, 3.8) is 0 Å². The average molecular weight is 308 g/mol. The molecule has 4 nitrogen and oxygen atoms in total. The largest absolute Gasteiger partial charge is 0.465 e. The van der Waals surface area contributed by atoms with Gasteiger partial charge < -0.3 is 10.1 Å². The molecule has 0 fully saturated rings. The Hall–Kier alpha value is -2.40. The maximum Gasteiger partial charge on any atom is 0.340 e. The summed E-state index contributed by atoms with van der Waals surface area (Å²) in [6.07, 6.45) is 0. The van der Waals surface area contributed by atoms with Gasteiger partial charge in [0.2, 0.25) is 0 Å². The summed E-state index contributed by atoms with van der Waals surface area (Å²) in [5, 5.41) is 2.91. The van der Waals surface area contributed by atoms with Crippen LogP contribution >= 0.6 is 11.6 Å². The van der Waals surface area contributed by atoms with E-state index in [0.29, 0.717) is 5.02 Å². The molecule has 21 heavy (non-hydrogen) atoms. The molecule has 0 heterocycles. The molecule has 0 aliphatic carbocycles. The van der Waals surface area contributed by atoms with Crippen molar-refractivity contribution in [3.8, 4) is 0 Å². The minimum Gasteiger partial charge on any atom is -0.465 e. The quantitative estimate of drug-likeness (QED) is 0.883. The van der Waals surface area contributed by atoms with Crippen LogP contribution in [0.1, 0.15) is 20.7 Å². The summed E-state index contributed by atoms with van der Waals surface area (Å²) in [6, 6.07) is 9.48. The predicted molar refractivity (Wildman–Crippen MR) is 77.1 cm³/mol. The summed E-state index contributed by atoms with van der Waals surface area (Å²) in [7, 11) is 1.23. The van der Waals surface area contributed by atoms with E-state index >= 15 is 0 Å². The van der Waals surface area contributed by atoms with E-state index in [4.69, 9.17) is 11.6 Å². The molecular formula is C15H11ClFNO3. The van der Waals surface area contributed by atoms with Crippen LogP contribution in [-0.4, -0.2) is 19.0 Å². The molecule has 0 saturated carbocycles. The number of esters is 1. The van der Waals surface area contributed by atoms with Crippen molar-refractivity contribution in [2.24, 2.45) is 0 Å². The molecule has 0 aliphatic rings. The van der Waals surface area contributed by atoms with Gasteiger partial charge in [0.05, 0.1) is 18.4 Å². The fourth-order valence-electron chi connectivity index (χ4n) is 1.70. The number of carbonyl (C=O) groups is 2. The number of carbonyl (C=O) groups excluding carboxylic acids is 2. The van der Waals surface area contributed by atoms with Crippen molar-refractivity contribution in [1.29, 1.82) is 0 Å². The molecule has 6 heteroatoms. The Bertz CT molecular complexity index is 686. The normalized spacial score (nSPS) is 10.0. The molecule has 0 aromatic heterocycles. The Morgan fingerprint density at radius 3 is 2.43 bits per heavy atom. The minimum atomic E-state index is -0.619. The van der Waals surface area contributed by atoms with Gasteiger partial charge in [0.15, 0.2) is 0 Å². The van der Waals surface area contributed by atoms with Crippen LogP contribution in [0.25, 0.3) is 0 Å². The number of hydrogen-bond acceptors (Lipinski definition) is 3. The molecule has 1 N–H and O–H groups in total. The highest BCUT2D eigenvalue weighted by molar-refractivity contribution is 6.31. The first-order chi connectivity index (χ1) is 10.0. The summed E-state index contributed by atoms with van der Waals surface area (Å²) in [6.45, 7) is 0. The van der Waals surface area contributed by atoms with E-state index in [9.17, 15) is 14.0 Å². The van der Waals surface area contributed by atoms with Gasteiger partial charge in [-0.15, -0.1) is 0 Å². The molecule has 0 spiro atoms. The highest BCUT2D eigenvalue weighted by atomic mass is 35.5. The summed E-state index contributed by atoms with van der Waals surface area (Å²) in [4.78, 5) is 23.7. The SMILES string of the molecule is COC(=O)c1cc(Cl)ccc1NC(=O)c1ccc(F)cc1. The van der Waals surface area contributed by atoms with Gasteiger partial charge in [-0.05, 0) is 42.5 Å². The molecule has 2 aromatic carbocycles. The van der Waals surface area contributed by atoms with Crippen molar-refractivity contribution in [2.45, 2.75) is 0 Å². The Balaban J connectivity index is 2.28. The second-order valence-electron chi connectivity index (χ2n) is 4.14. The number of methoxy groups -OCH3 is 1. The lowest BCUT2D eigenvalue weighted by Crippen LogP contribution is -2.15. The summed E-state index contributed by atoms with van der Waals surface area (Å²) >= 11 is 5.83. The van der Waals surface area contributed by atoms with Gasteiger partial charge in [-0.1, -0.05) is 11.6 Å². The molecule has 0 unspecified atom stereocenters. The molecule has 2 aromatic rings. The van der Waals surface area contributed by atoms with Crippen molar-refractivity contribution in [2.75, 3.05) is 12.4 Å². The van der Waals surface area contributed by atoms with E-state index in [1.165, 1.54) is 49.6 Å². The summed E-state index contributed by atoms with van der Waals surface area (Å²) in [5.41, 5.74) is 0.670. The van der Waals surface area contributed by atoms with Crippen LogP contribution in [0, 0.1) is 5.82 Å². The van der Waals surface area contributed by atoms with E-state index < -0.39 is 17.7 Å². The van der Waals surface area contributed by atoms with Crippen LogP contribution in [-0.2, 0) is 4.74 Å². The second-order valence-corrected chi connectivity index (χ2v) is 4.58. The third-order valence-electron chi connectivity index (χ3n) is 2.74. The van der Waals surface area contributed by atoms with Gasteiger partial charge >= 0.3 is 5.97 Å². The lowest BCUT2D eigenvalue weighted by Gasteiger charge is -2.10. The lowest BCUT2D eigenvalue weighted by atomic mass is 10.1. The number of amides is 1. The van der Waals surface area contributed by atoms with E-state index in [1.807, 2.05) is 0 Å². The van der Waals surface area contributed by atoms with E-state index in [1.54, 1.807) is 0 Å². The fourth-order valence-corrected chi connectivity index (χ4v) is 1.87. The molecule has 0 atom stereocenters. The zero-order chi connectivity index (χ0) is 15.4. The molecular weight excluding hydrogens is 297 g/mol. The van der Waals surface area contributed by atoms with Crippen LogP contribution in [0.2, 0.25) is 5.02 Å². The highest BCUT2D eigenvalue weighted by Crippen LogP contribution is 2.22. The molecule has 1 amide bonds. The first kappa shape index (κ1) is 15.0. The zero-order valence-electron chi connectivity index (χ0n) is 11.0. The average Bonchev–Trinajstić information content (AvgIpc) is 2.48. The number of benzene rings is 2. The van der Waals surface area contributed by atoms with Crippen LogP contribution < -0.4 is 5.32 Å². The van der Waals surface area contributed by atoms with Crippen LogP contribution in [0.4, 0.5) is 10.1 Å². The van der Waals surface area contributed by atoms with Gasteiger partial charge in [0.25, 0.3) is 5.91 Å². The van der Waals surface area contributed by atoms with Crippen LogP contribution in [0.15, 0.2) is 42.5 Å². The zero-order valence-corrected chi connectivity index (χ0v) is 11.8. The Morgan fingerprint density at radius 2 is 1.81 bits per heavy atom. The Labute approximate surface area is 125 Å². The molecule has 0 bridgehead atoms. The van der Waals surface area contributed by atoms with Crippen molar-refractivity contribution >= 4 is 29.2 Å². The number of ether oxygens (including phenoxy) is 1. The third-order valence-corrected chi connectivity index (χ3v) is 2.98. The van der Waals surface area contributed by atoms with Crippen LogP contribution in [0.3, 0.4) is 0 Å². The highest BCUT2D eigenvalue weighted by Gasteiger charge is 2.15. The molecule has 0 saturated heterocycles. The van der Waals surface area contributed by atoms with Crippen molar-refractivity contribution < 1.29 is 18.7 Å². The molecule has 2 rings (SSSR count). The number of halogens is 2.